The molecule has 0 aromatic heterocycles. The van der Waals surface area contributed by atoms with Crippen LogP contribution < -0.4 is 5.73 Å². The first kappa shape index (κ1) is 13.4. The number of halogens is 2. The van der Waals surface area contributed by atoms with Crippen molar-refractivity contribution in [1.29, 1.82) is 0 Å². The monoisotopic (exact) mass is 265 g/mol. The van der Waals surface area contributed by atoms with E-state index in [0.29, 0.717) is 12.1 Å². The van der Waals surface area contributed by atoms with E-state index in [1.165, 1.54) is 12.1 Å². The van der Waals surface area contributed by atoms with Gasteiger partial charge in [-0.05, 0) is 30.2 Å². The molecule has 1 unspecified atom stereocenters. The Balaban J connectivity index is 3.40. The normalized spacial score (nSPS) is 13.8. The zero-order valence-electron chi connectivity index (χ0n) is 9.00. The standard InChI is InChI=1S/C10H13ClFNO2S/c1-6(5-13)7-3-8(11)10(9(12)4-7)16(2,14)15/h3-4,6H,5,13H2,1-2H3. The number of benzene rings is 1. The van der Waals surface area contributed by atoms with Gasteiger partial charge in [0.2, 0.25) is 0 Å². The fraction of sp³-hybridized carbons (Fsp3) is 0.400. The molecule has 0 spiro atoms. The van der Waals surface area contributed by atoms with E-state index in [9.17, 15) is 12.8 Å². The Hall–Kier alpha value is -0.650. The molecule has 90 valence electrons. The average Bonchev–Trinajstić information content (AvgIpc) is 2.13. The minimum absolute atomic E-state index is 0.0689. The SMILES string of the molecule is CC(CN)c1cc(F)c(S(C)(=O)=O)c(Cl)c1. The summed E-state index contributed by atoms with van der Waals surface area (Å²) in [4.78, 5) is -0.456. The van der Waals surface area contributed by atoms with Crippen LogP contribution in [0, 0.1) is 5.82 Å². The molecule has 0 saturated carbocycles. The van der Waals surface area contributed by atoms with Crippen LogP contribution in [-0.4, -0.2) is 21.2 Å². The van der Waals surface area contributed by atoms with Gasteiger partial charge in [-0.1, -0.05) is 18.5 Å². The molecular weight excluding hydrogens is 253 g/mol. The van der Waals surface area contributed by atoms with Gasteiger partial charge in [0.25, 0.3) is 0 Å². The summed E-state index contributed by atoms with van der Waals surface area (Å²) in [6.07, 6.45) is 0.920. The van der Waals surface area contributed by atoms with Crippen molar-refractivity contribution in [3.05, 3.63) is 28.5 Å². The van der Waals surface area contributed by atoms with Gasteiger partial charge in [-0.15, -0.1) is 0 Å². The molecule has 0 fully saturated rings. The van der Waals surface area contributed by atoms with Crippen molar-refractivity contribution in [3.63, 3.8) is 0 Å². The van der Waals surface area contributed by atoms with Crippen LogP contribution in [0.3, 0.4) is 0 Å². The second kappa shape index (κ2) is 4.69. The predicted molar refractivity (Wildman–Crippen MR) is 62.0 cm³/mol. The lowest BCUT2D eigenvalue weighted by molar-refractivity contribution is 0.568. The largest absolute Gasteiger partial charge is 0.330 e. The summed E-state index contributed by atoms with van der Waals surface area (Å²) in [5.74, 6) is -0.897. The molecule has 0 aliphatic heterocycles. The summed E-state index contributed by atoms with van der Waals surface area (Å²) in [5.41, 5.74) is 6.04. The number of sulfone groups is 1. The summed E-state index contributed by atoms with van der Waals surface area (Å²) in [6, 6.07) is 2.61. The van der Waals surface area contributed by atoms with Crippen LogP contribution in [0.2, 0.25) is 5.02 Å². The summed E-state index contributed by atoms with van der Waals surface area (Å²) < 4.78 is 36.2. The lowest BCUT2D eigenvalue weighted by atomic mass is 10.0. The minimum atomic E-state index is -3.65. The van der Waals surface area contributed by atoms with Crippen molar-refractivity contribution in [3.8, 4) is 0 Å². The van der Waals surface area contributed by atoms with Gasteiger partial charge in [0.1, 0.15) is 10.7 Å². The van der Waals surface area contributed by atoms with Crippen LogP contribution in [0.4, 0.5) is 4.39 Å². The van der Waals surface area contributed by atoms with E-state index in [-0.39, 0.29) is 10.9 Å². The van der Waals surface area contributed by atoms with E-state index in [1.807, 2.05) is 6.92 Å². The summed E-state index contributed by atoms with van der Waals surface area (Å²) in [7, 11) is -3.65. The van der Waals surface area contributed by atoms with Gasteiger partial charge in [-0.3, -0.25) is 0 Å². The molecule has 1 aromatic carbocycles. The minimum Gasteiger partial charge on any atom is -0.330 e. The molecule has 0 heterocycles. The second-order valence-corrected chi connectivity index (χ2v) is 6.08. The Labute approximate surface area is 99.3 Å². The Morgan fingerprint density at radius 2 is 2.06 bits per heavy atom. The Kier molecular flexibility index (Phi) is 3.93. The highest BCUT2D eigenvalue weighted by Gasteiger charge is 2.20. The molecule has 0 radical (unpaired) electrons. The van der Waals surface area contributed by atoms with Crippen LogP contribution in [0.15, 0.2) is 17.0 Å². The zero-order chi connectivity index (χ0) is 12.5. The third-order valence-corrected chi connectivity index (χ3v) is 3.88. The number of hydrogen-bond acceptors (Lipinski definition) is 3. The Morgan fingerprint density at radius 3 is 2.44 bits per heavy atom. The summed E-state index contributed by atoms with van der Waals surface area (Å²) >= 11 is 5.76. The van der Waals surface area contributed by atoms with Gasteiger partial charge in [0.05, 0.1) is 5.02 Å². The van der Waals surface area contributed by atoms with E-state index >= 15 is 0 Å². The van der Waals surface area contributed by atoms with E-state index in [0.717, 1.165) is 6.26 Å². The highest BCUT2D eigenvalue weighted by atomic mass is 35.5. The van der Waals surface area contributed by atoms with Gasteiger partial charge < -0.3 is 5.73 Å². The maximum atomic E-state index is 13.6. The third kappa shape index (κ3) is 2.72. The van der Waals surface area contributed by atoms with E-state index in [2.05, 4.69) is 0 Å². The molecule has 0 aliphatic carbocycles. The van der Waals surface area contributed by atoms with Gasteiger partial charge in [0.15, 0.2) is 9.84 Å². The van der Waals surface area contributed by atoms with Gasteiger partial charge in [0, 0.05) is 6.26 Å². The summed E-state index contributed by atoms with van der Waals surface area (Å²) in [6.45, 7) is 2.15. The fourth-order valence-corrected chi connectivity index (χ4v) is 2.82. The van der Waals surface area contributed by atoms with Crippen LogP contribution in [0.1, 0.15) is 18.4 Å². The van der Waals surface area contributed by atoms with Crippen molar-refractivity contribution in [2.75, 3.05) is 12.8 Å². The highest BCUT2D eigenvalue weighted by molar-refractivity contribution is 7.90. The molecule has 16 heavy (non-hydrogen) atoms. The molecule has 0 aliphatic rings. The van der Waals surface area contributed by atoms with Gasteiger partial charge in [-0.25, -0.2) is 12.8 Å². The predicted octanol–water partition coefficient (Wildman–Crippen LogP) is 1.94. The molecule has 0 saturated heterocycles. The van der Waals surface area contributed by atoms with Crippen molar-refractivity contribution in [2.24, 2.45) is 5.73 Å². The van der Waals surface area contributed by atoms with Crippen LogP contribution in [0.5, 0.6) is 0 Å². The average molecular weight is 266 g/mol. The maximum Gasteiger partial charge on any atom is 0.179 e. The molecule has 3 nitrogen and oxygen atoms in total. The first-order valence-corrected chi connectivity index (χ1v) is 6.93. The van der Waals surface area contributed by atoms with Gasteiger partial charge in [-0.2, -0.15) is 0 Å². The van der Waals surface area contributed by atoms with Crippen LogP contribution in [-0.2, 0) is 9.84 Å². The lowest BCUT2D eigenvalue weighted by Crippen LogP contribution is -2.10. The first-order valence-electron chi connectivity index (χ1n) is 4.66. The van der Waals surface area contributed by atoms with Crippen molar-refractivity contribution in [1.82, 2.24) is 0 Å². The second-order valence-electron chi connectivity index (χ2n) is 3.72. The lowest BCUT2D eigenvalue weighted by Gasteiger charge is -2.12. The van der Waals surface area contributed by atoms with E-state index in [1.54, 1.807) is 0 Å². The zero-order valence-corrected chi connectivity index (χ0v) is 10.6. The van der Waals surface area contributed by atoms with Crippen molar-refractivity contribution >= 4 is 21.4 Å². The highest BCUT2D eigenvalue weighted by Crippen LogP contribution is 2.28. The van der Waals surface area contributed by atoms with Gasteiger partial charge >= 0.3 is 0 Å². The number of rotatable bonds is 3. The number of hydrogen-bond donors (Lipinski definition) is 1. The molecule has 1 atom stereocenters. The molecule has 1 aromatic rings. The third-order valence-electron chi connectivity index (χ3n) is 2.31. The Morgan fingerprint density at radius 1 is 1.50 bits per heavy atom. The smallest absolute Gasteiger partial charge is 0.179 e. The maximum absolute atomic E-state index is 13.6. The quantitative estimate of drug-likeness (QED) is 0.909. The molecule has 1 rings (SSSR count). The van der Waals surface area contributed by atoms with Crippen LogP contribution >= 0.6 is 11.6 Å². The first-order chi connectivity index (χ1) is 7.27. The fourth-order valence-electron chi connectivity index (χ4n) is 1.35. The van der Waals surface area contributed by atoms with Crippen molar-refractivity contribution < 1.29 is 12.8 Å². The molecule has 6 heteroatoms. The molecule has 2 N–H and O–H groups in total. The van der Waals surface area contributed by atoms with E-state index < -0.39 is 20.5 Å². The summed E-state index contributed by atoms with van der Waals surface area (Å²) in [5, 5.41) is -0.0993. The molecule has 0 bridgehead atoms. The molecular formula is C10H13ClFNO2S. The molecule has 0 amide bonds. The van der Waals surface area contributed by atoms with E-state index in [4.69, 9.17) is 17.3 Å². The Bertz CT molecular complexity index is 479. The van der Waals surface area contributed by atoms with Crippen LogP contribution in [0.25, 0.3) is 0 Å². The topological polar surface area (TPSA) is 60.2 Å². The number of nitrogens with two attached hydrogens (primary N) is 1. The van der Waals surface area contributed by atoms with Crippen molar-refractivity contribution in [2.45, 2.75) is 17.7 Å².